The van der Waals surface area contributed by atoms with Gasteiger partial charge in [-0.05, 0) is 60.7 Å². The molecule has 0 atom stereocenters. The van der Waals surface area contributed by atoms with Gasteiger partial charge in [0.25, 0.3) is 0 Å². The van der Waals surface area contributed by atoms with E-state index in [4.69, 9.17) is 14.6 Å². The zero-order valence-electron chi connectivity index (χ0n) is 11.7. The van der Waals surface area contributed by atoms with E-state index in [2.05, 4.69) is 11.8 Å². The summed E-state index contributed by atoms with van der Waals surface area (Å²) in [5.74, 6) is 7.71. The molecule has 0 unspecified atom stereocenters. The SMILES string of the molecule is COc1ccc(OC/C=C\C#Cc2ccc(O)cc2)cc1. The highest BCUT2D eigenvalue weighted by Gasteiger charge is 1.92. The van der Waals surface area contributed by atoms with Gasteiger partial charge in [-0.25, -0.2) is 0 Å². The summed E-state index contributed by atoms with van der Waals surface area (Å²) in [6.45, 7) is 0.455. The quantitative estimate of drug-likeness (QED) is 0.872. The molecule has 0 aliphatic carbocycles. The second kappa shape index (κ2) is 7.66. The van der Waals surface area contributed by atoms with E-state index in [1.807, 2.05) is 30.3 Å². The van der Waals surface area contributed by atoms with Crippen LogP contribution in [-0.2, 0) is 0 Å². The number of allylic oxidation sites excluding steroid dienone is 1. The minimum absolute atomic E-state index is 0.240. The first-order valence-electron chi connectivity index (χ1n) is 6.50. The number of phenolic OH excluding ortho intramolecular Hbond substituents is 1. The van der Waals surface area contributed by atoms with Gasteiger partial charge in [0.15, 0.2) is 0 Å². The lowest BCUT2D eigenvalue weighted by molar-refractivity contribution is 0.361. The van der Waals surface area contributed by atoms with Gasteiger partial charge in [-0.3, -0.25) is 0 Å². The molecule has 0 amide bonds. The normalized spacial score (nSPS) is 9.95. The van der Waals surface area contributed by atoms with Gasteiger partial charge in [-0.1, -0.05) is 11.8 Å². The van der Waals surface area contributed by atoms with Gasteiger partial charge in [-0.2, -0.15) is 0 Å². The fourth-order valence-electron chi connectivity index (χ4n) is 1.59. The third kappa shape index (κ3) is 4.96. The topological polar surface area (TPSA) is 38.7 Å². The molecule has 3 nitrogen and oxygen atoms in total. The van der Waals surface area contributed by atoms with Crippen LogP contribution in [-0.4, -0.2) is 18.8 Å². The zero-order chi connectivity index (χ0) is 14.9. The predicted molar refractivity (Wildman–Crippen MR) is 82.6 cm³/mol. The lowest BCUT2D eigenvalue weighted by atomic mass is 10.2. The Labute approximate surface area is 124 Å². The summed E-state index contributed by atoms with van der Waals surface area (Å²) in [5.41, 5.74) is 0.855. The molecule has 0 fully saturated rings. The third-order valence-corrected chi connectivity index (χ3v) is 2.69. The molecule has 0 aliphatic heterocycles. The Bertz CT molecular complexity index is 644. The fourth-order valence-corrected chi connectivity index (χ4v) is 1.59. The Morgan fingerprint density at radius 1 is 1.00 bits per heavy atom. The molecule has 0 bridgehead atoms. The summed E-state index contributed by atoms with van der Waals surface area (Å²) in [4.78, 5) is 0. The van der Waals surface area contributed by atoms with Crippen LogP contribution in [0.4, 0.5) is 0 Å². The Balaban J connectivity index is 1.79. The van der Waals surface area contributed by atoms with Crippen LogP contribution in [0.1, 0.15) is 5.56 Å². The van der Waals surface area contributed by atoms with Crippen molar-refractivity contribution in [2.24, 2.45) is 0 Å². The molecule has 0 heterocycles. The number of benzene rings is 2. The molecule has 3 heteroatoms. The average Bonchev–Trinajstić information content (AvgIpc) is 2.53. The van der Waals surface area contributed by atoms with E-state index < -0.39 is 0 Å². The molecule has 0 aromatic heterocycles. The van der Waals surface area contributed by atoms with Crippen LogP contribution in [0.15, 0.2) is 60.7 Å². The van der Waals surface area contributed by atoms with E-state index in [9.17, 15) is 0 Å². The molecular formula is C18H16O3. The van der Waals surface area contributed by atoms with Crippen molar-refractivity contribution < 1.29 is 14.6 Å². The molecule has 0 spiro atoms. The van der Waals surface area contributed by atoms with Gasteiger partial charge in [0.2, 0.25) is 0 Å². The minimum Gasteiger partial charge on any atom is -0.508 e. The van der Waals surface area contributed by atoms with E-state index in [0.717, 1.165) is 17.1 Å². The van der Waals surface area contributed by atoms with Crippen LogP contribution in [0.25, 0.3) is 0 Å². The predicted octanol–water partition coefficient (Wildman–Crippen LogP) is 3.39. The van der Waals surface area contributed by atoms with Crippen LogP contribution >= 0.6 is 0 Å². The van der Waals surface area contributed by atoms with Crippen molar-refractivity contribution in [2.75, 3.05) is 13.7 Å². The van der Waals surface area contributed by atoms with Crippen LogP contribution in [0.2, 0.25) is 0 Å². The van der Waals surface area contributed by atoms with Gasteiger partial charge < -0.3 is 14.6 Å². The summed E-state index contributed by atoms with van der Waals surface area (Å²) in [6, 6.07) is 14.2. The number of ether oxygens (including phenoxy) is 2. The molecule has 0 saturated carbocycles. The number of aromatic hydroxyl groups is 1. The van der Waals surface area contributed by atoms with Gasteiger partial charge >= 0.3 is 0 Å². The highest BCUT2D eigenvalue weighted by molar-refractivity contribution is 5.39. The first-order valence-corrected chi connectivity index (χ1v) is 6.50. The number of phenols is 1. The van der Waals surface area contributed by atoms with Crippen LogP contribution in [0.3, 0.4) is 0 Å². The van der Waals surface area contributed by atoms with Gasteiger partial charge in [0.05, 0.1) is 7.11 Å². The molecule has 106 valence electrons. The summed E-state index contributed by atoms with van der Waals surface area (Å²) in [7, 11) is 1.63. The fraction of sp³-hybridized carbons (Fsp3) is 0.111. The smallest absolute Gasteiger partial charge is 0.120 e. The maximum absolute atomic E-state index is 9.15. The number of rotatable bonds is 4. The lowest BCUT2D eigenvalue weighted by Crippen LogP contribution is -1.92. The standard InChI is InChI=1S/C18H16O3/c1-20-17-10-12-18(13-11-17)21-14-4-2-3-5-15-6-8-16(19)9-7-15/h2,4,6-13,19H,14H2,1H3/b4-2-. The minimum atomic E-state index is 0.240. The summed E-state index contributed by atoms with van der Waals surface area (Å²) < 4.78 is 10.6. The highest BCUT2D eigenvalue weighted by atomic mass is 16.5. The van der Waals surface area contributed by atoms with Crippen LogP contribution < -0.4 is 9.47 Å². The van der Waals surface area contributed by atoms with Crippen molar-refractivity contribution in [1.29, 1.82) is 0 Å². The molecule has 0 radical (unpaired) electrons. The molecule has 2 aromatic rings. The first-order chi connectivity index (χ1) is 10.3. The highest BCUT2D eigenvalue weighted by Crippen LogP contribution is 2.16. The number of hydrogen-bond acceptors (Lipinski definition) is 3. The second-order valence-electron chi connectivity index (χ2n) is 4.21. The van der Waals surface area contributed by atoms with E-state index in [1.54, 1.807) is 37.5 Å². The molecular weight excluding hydrogens is 264 g/mol. The average molecular weight is 280 g/mol. The Morgan fingerprint density at radius 2 is 1.67 bits per heavy atom. The van der Waals surface area contributed by atoms with Gasteiger partial charge in [0, 0.05) is 5.56 Å². The molecule has 0 aliphatic rings. The molecule has 0 saturated heterocycles. The maximum Gasteiger partial charge on any atom is 0.120 e. The van der Waals surface area contributed by atoms with Crippen molar-refractivity contribution in [2.45, 2.75) is 0 Å². The van der Waals surface area contributed by atoms with E-state index in [1.165, 1.54) is 0 Å². The Kier molecular flexibility index (Phi) is 5.31. The van der Waals surface area contributed by atoms with Crippen LogP contribution in [0.5, 0.6) is 17.2 Å². The van der Waals surface area contributed by atoms with Crippen LogP contribution in [0, 0.1) is 11.8 Å². The molecule has 2 rings (SSSR count). The van der Waals surface area contributed by atoms with E-state index >= 15 is 0 Å². The zero-order valence-corrected chi connectivity index (χ0v) is 11.7. The largest absolute Gasteiger partial charge is 0.508 e. The Morgan fingerprint density at radius 3 is 2.33 bits per heavy atom. The number of hydrogen-bond donors (Lipinski definition) is 1. The van der Waals surface area contributed by atoms with E-state index in [-0.39, 0.29) is 5.75 Å². The van der Waals surface area contributed by atoms with E-state index in [0.29, 0.717) is 6.61 Å². The summed E-state index contributed by atoms with van der Waals surface area (Å²) in [5, 5.41) is 9.15. The Hall–Kier alpha value is -2.86. The molecule has 2 aromatic carbocycles. The van der Waals surface area contributed by atoms with Gasteiger partial charge in [0.1, 0.15) is 23.9 Å². The van der Waals surface area contributed by atoms with Crippen molar-refractivity contribution in [1.82, 2.24) is 0 Å². The summed E-state index contributed by atoms with van der Waals surface area (Å²) in [6.07, 6.45) is 3.59. The van der Waals surface area contributed by atoms with Crippen molar-refractivity contribution >= 4 is 0 Å². The first kappa shape index (κ1) is 14.5. The maximum atomic E-state index is 9.15. The van der Waals surface area contributed by atoms with Gasteiger partial charge in [-0.15, -0.1) is 0 Å². The number of methoxy groups -OCH3 is 1. The van der Waals surface area contributed by atoms with Crippen molar-refractivity contribution in [3.05, 3.63) is 66.2 Å². The summed E-state index contributed by atoms with van der Waals surface area (Å²) >= 11 is 0. The molecule has 1 N–H and O–H groups in total. The van der Waals surface area contributed by atoms with Crippen molar-refractivity contribution in [3.63, 3.8) is 0 Å². The third-order valence-electron chi connectivity index (χ3n) is 2.69. The monoisotopic (exact) mass is 280 g/mol. The van der Waals surface area contributed by atoms with Crippen molar-refractivity contribution in [3.8, 4) is 29.1 Å². The molecule has 21 heavy (non-hydrogen) atoms. The lowest BCUT2D eigenvalue weighted by Gasteiger charge is -2.03. The second-order valence-corrected chi connectivity index (χ2v) is 4.21.